The molecule has 7 heteroatoms. The molecule has 2 aromatic rings. The van der Waals surface area contributed by atoms with Crippen molar-refractivity contribution in [3.63, 3.8) is 0 Å². The molecule has 1 aliphatic rings. The van der Waals surface area contributed by atoms with Gasteiger partial charge in [0.05, 0.1) is 16.7 Å². The van der Waals surface area contributed by atoms with Crippen LogP contribution in [-0.2, 0) is 0 Å². The predicted octanol–water partition coefficient (Wildman–Crippen LogP) is 1.32. The molecule has 18 heavy (non-hydrogen) atoms. The number of carboxylic acid groups (broad SMARTS) is 1. The number of fused-ring (bicyclic) bond motifs is 1. The summed E-state index contributed by atoms with van der Waals surface area (Å²) in [7, 11) is 0. The molecule has 0 radical (unpaired) electrons. The Hall–Kier alpha value is -1.66. The van der Waals surface area contributed by atoms with Gasteiger partial charge >= 0.3 is 5.97 Å². The number of aliphatic hydroxyl groups excluding tert-OH is 1. The fourth-order valence-corrected chi connectivity index (χ4v) is 2.41. The molecule has 0 bridgehead atoms. The summed E-state index contributed by atoms with van der Waals surface area (Å²) in [6.07, 6.45) is 2.40. The van der Waals surface area contributed by atoms with Crippen LogP contribution in [0.2, 0.25) is 5.02 Å². The highest BCUT2D eigenvalue weighted by Gasteiger charge is 2.32. The first-order valence-electron chi connectivity index (χ1n) is 5.52. The summed E-state index contributed by atoms with van der Waals surface area (Å²) in [5, 5.41) is 26.6. The Morgan fingerprint density at radius 3 is 2.78 bits per heavy atom. The second kappa shape index (κ2) is 3.93. The van der Waals surface area contributed by atoms with Crippen molar-refractivity contribution in [1.29, 1.82) is 0 Å². The van der Waals surface area contributed by atoms with E-state index in [1.807, 2.05) is 0 Å². The van der Waals surface area contributed by atoms with E-state index < -0.39 is 5.97 Å². The topological polar surface area (TPSA) is 87.7 Å². The van der Waals surface area contributed by atoms with E-state index in [2.05, 4.69) is 10.2 Å². The van der Waals surface area contributed by atoms with Gasteiger partial charge in [-0.3, -0.25) is 4.40 Å². The molecule has 2 heterocycles. The Labute approximate surface area is 107 Å². The summed E-state index contributed by atoms with van der Waals surface area (Å²) < 4.78 is 1.60. The van der Waals surface area contributed by atoms with E-state index in [1.165, 1.54) is 12.3 Å². The van der Waals surface area contributed by atoms with Gasteiger partial charge in [-0.2, -0.15) is 0 Å². The van der Waals surface area contributed by atoms with Gasteiger partial charge in [-0.25, -0.2) is 4.79 Å². The fourth-order valence-electron chi connectivity index (χ4n) is 2.16. The molecule has 0 amide bonds. The highest BCUT2D eigenvalue weighted by atomic mass is 35.5. The third-order valence-electron chi connectivity index (χ3n) is 3.21. The predicted molar refractivity (Wildman–Crippen MR) is 62.9 cm³/mol. The van der Waals surface area contributed by atoms with Crippen molar-refractivity contribution in [2.45, 2.75) is 24.9 Å². The van der Waals surface area contributed by atoms with Gasteiger partial charge in [-0.05, 0) is 18.9 Å². The summed E-state index contributed by atoms with van der Waals surface area (Å²) in [6, 6.07) is 1.35. The third kappa shape index (κ3) is 1.65. The van der Waals surface area contributed by atoms with Crippen molar-refractivity contribution in [2.75, 3.05) is 0 Å². The average molecular weight is 268 g/mol. The second-order valence-corrected chi connectivity index (χ2v) is 4.86. The van der Waals surface area contributed by atoms with Crippen LogP contribution in [0.3, 0.4) is 0 Å². The maximum Gasteiger partial charge on any atom is 0.337 e. The van der Waals surface area contributed by atoms with Crippen molar-refractivity contribution >= 4 is 23.2 Å². The number of carboxylic acids is 1. The lowest BCUT2D eigenvalue weighted by Gasteiger charge is -2.29. The van der Waals surface area contributed by atoms with Crippen LogP contribution in [0, 0.1) is 0 Å². The zero-order valence-electron chi connectivity index (χ0n) is 9.25. The van der Waals surface area contributed by atoms with Crippen molar-refractivity contribution in [3.8, 4) is 0 Å². The molecule has 3 rings (SSSR count). The molecule has 0 atom stereocenters. The van der Waals surface area contributed by atoms with Crippen molar-refractivity contribution in [1.82, 2.24) is 14.6 Å². The van der Waals surface area contributed by atoms with E-state index in [4.69, 9.17) is 16.7 Å². The summed E-state index contributed by atoms with van der Waals surface area (Å²) in [5.41, 5.74) is 0.534. The first-order valence-corrected chi connectivity index (χ1v) is 5.89. The smallest absolute Gasteiger partial charge is 0.337 e. The lowest BCUT2D eigenvalue weighted by molar-refractivity contribution is 0.0689. The molecule has 6 nitrogen and oxygen atoms in total. The van der Waals surface area contributed by atoms with Crippen LogP contribution in [0.15, 0.2) is 12.3 Å². The summed E-state index contributed by atoms with van der Waals surface area (Å²) in [5.74, 6) is -0.289. The number of nitrogens with zero attached hydrogens (tertiary/aromatic N) is 3. The van der Waals surface area contributed by atoms with E-state index in [-0.39, 0.29) is 22.6 Å². The zero-order chi connectivity index (χ0) is 12.9. The van der Waals surface area contributed by atoms with Gasteiger partial charge in [0.25, 0.3) is 0 Å². The minimum atomic E-state index is -1.05. The van der Waals surface area contributed by atoms with Crippen LogP contribution in [0.25, 0.3) is 5.65 Å². The summed E-state index contributed by atoms with van der Waals surface area (Å²) >= 11 is 5.98. The van der Waals surface area contributed by atoms with Crippen LogP contribution in [-0.4, -0.2) is 36.9 Å². The summed E-state index contributed by atoms with van der Waals surface area (Å²) in [6.45, 7) is 0. The number of halogens is 1. The molecule has 0 saturated heterocycles. The SMILES string of the molecule is O=C(O)c1cc(Cl)c2nnc(C3CC(O)C3)n2c1. The van der Waals surface area contributed by atoms with Crippen molar-refractivity contribution in [3.05, 3.63) is 28.7 Å². The van der Waals surface area contributed by atoms with E-state index >= 15 is 0 Å². The largest absolute Gasteiger partial charge is 0.478 e. The van der Waals surface area contributed by atoms with Gasteiger partial charge in [0, 0.05) is 12.1 Å². The van der Waals surface area contributed by atoms with Gasteiger partial charge in [-0.1, -0.05) is 11.6 Å². The van der Waals surface area contributed by atoms with Crippen LogP contribution >= 0.6 is 11.6 Å². The molecule has 2 aromatic heterocycles. The molecule has 94 valence electrons. The minimum absolute atomic E-state index is 0.0911. The van der Waals surface area contributed by atoms with E-state index in [0.29, 0.717) is 24.3 Å². The first-order chi connectivity index (χ1) is 8.56. The standard InChI is InChI=1S/C11H10ClN3O3/c12-8-3-6(11(17)18)4-15-9(13-14-10(8)15)5-1-7(16)2-5/h3-5,7,16H,1-2H2,(H,17,18). The molecule has 1 aliphatic carbocycles. The van der Waals surface area contributed by atoms with Gasteiger partial charge in [-0.15, -0.1) is 10.2 Å². The van der Waals surface area contributed by atoms with Crippen molar-refractivity contribution < 1.29 is 15.0 Å². The Balaban J connectivity index is 2.13. The van der Waals surface area contributed by atoms with Crippen LogP contribution in [0.5, 0.6) is 0 Å². The first kappa shape index (κ1) is 11.4. The minimum Gasteiger partial charge on any atom is -0.478 e. The molecular weight excluding hydrogens is 258 g/mol. The Morgan fingerprint density at radius 2 is 2.17 bits per heavy atom. The highest BCUT2D eigenvalue weighted by Crippen LogP contribution is 2.36. The van der Waals surface area contributed by atoms with Gasteiger partial charge < -0.3 is 10.2 Å². The van der Waals surface area contributed by atoms with Gasteiger partial charge in [0.15, 0.2) is 5.65 Å². The lowest BCUT2D eigenvalue weighted by atomic mass is 9.82. The molecule has 2 N–H and O–H groups in total. The van der Waals surface area contributed by atoms with E-state index in [0.717, 1.165) is 0 Å². The van der Waals surface area contributed by atoms with Crippen LogP contribution < -0.4 is 0 Å². The number of rotatable bonds is 2. The van der Waals surface area contributed by atoms with Gasteiger partial charge in [0.2, 0.25) is 0 Å². The number of pyridine rings is 1. The second-order valence-electron chi connectivity index (χ2n) is 4.46. The fraction of sp³-hybridized carbons (Fsp3) is 0.364. The highest BCUT2D eigenvalue weighted by molar-refractivity contribution is 6.33. The van der Waals surface area contributed by atoms with Gasteiger partial charge in [0.1, 0.15) is 5.82 Å². The molecule has 0 unspecified atom stereocenters. The molecule has 0 aromatic carbocycles. The monoisotopic (exact) mass is 267 g/mol. The van der Waals surface area contributed by atoms with Crippen molar-refractivity contribution in [2.24, 2.45) is 0 Å². The molecule has 0 spiro atoms. The Bertz CT molecular complexity index is 634. The zero-order valence-corrected chi connectivity index (χ0v) is 10.0. The normalized spacial score (nSPS) is 23.0. The molecule has 0 aliphatic heterocycles. The molecule has 1 fully saturated rings. The quantitative estimate of drug-likeness (QED) is 0.857. The van der Waals surface area contributed by atoms with E-state index in [1.54, 1.807) is 4.40 Å². The number of aromatic carboxylic acids is 1. The lowest BCUT2D eigenvalue weighted by Crippen LogP contribution is -2.28. The maximum atomic E-state index is 11.0. The van der Waals surface area contributed by atoms with Crippen LogP contribution in [0.1, 0.15) is 34.9 Å². The van der Waals surface area contributed by atoms with E-state index in [9.17, 15) is 9.90 Å². The third-order valence-corrected chi connectivity index (χ3v) is 3.49. The number of hydrogen-bond donors (Lipinski definition) is 2. The Morgan fingerprint density at radius 1 is 1.44 bits per heavy atom. The Kier molecular flexibility index (Phi) is 2.49. The molecule has 1 saturated carbocycles. The number of aromatic nitrogens is 3. The number of aliphatic hydroxyl groups is 1. The molecular formula is C11H10ClN3O3. The summed E-state index contributed by atoms with van der Waals surface area (Å²) in [4.78, 5) is 11.0. The number of carbonyl (C=O) groups is 1. The van der Waals surface area contributed by atoms with Crippen LogP contribution in [0.4, 0.5) is 0 Å². The average Bonchev–Trinajstić information content (AvgIpc) is 2.68. The maximum absolute atomic E-state index is 11.0. The number of hydrogen-bond acceptors (Lipinski definition) is 4.